The maximum absolute atomic E-state index is 14.2. The highest BCUT2D eigenvalue weighted by atomic mass is 28.4. The van der Waals surface area contributed by atoms with Crippen LogP contribution in [-0.4, -0.2) is 41.5 Å². The number of hydrogen-bond donors (Lipinski definition) is 0. The van der Waals surface area contributed by atoms with Crippen molar-refractivity contribution in [3.05, 3.63) is 105 Å². The first kappa shape index (κ1) is 32.1. The second-order valence-electron chi connectivity index (χ2n) is 14.2. The van der Waals surface area contributed by atoms with Gasteiger partial charge in [-0.3, -0.25) is 18.8 Å². The van der Waals surface area contributed by atoms with Crippen molar-refractivity contribution >= 4 is 19.2 Å². The summed E-state index contributed by atoms with van der Waals surface area (Å²) in [5.41, 5.74) is 4.30. The molecule has 0 spiro atoms. The number of halogens is 1. The van der Waals surface area contributed by atoms with Crippen molar-refractivity contribution in [2.75, 3.05) is 13.1 Å². The van der Waals surface area contributed by atoms with Gasteiger partial charge in [0.25, 0.3) is 5.56 Å². The third-order valence-corrected chi connectivity index (χ3v) is 13.8. The molecule has 0 N–H and O–H groups in total. The molecule has 234 valence electrons. The van der Waals surface area contributed by atoms with E-state index in [0.29, 0.717) is 24.0 Å². The van der Waals surface area contributed by atoms with E-state index < -0.39 is 8.32 Å². The predicted molar refractivity (Wildman–Crippen MR) is 180 cm³/mol. The van der Waals surface area contributed by atoms with Gasteiger partial charge in [0.15, 0.2) is 8.32 Å². The van der Waals surface area contributed by atoms with E-state index in [9.17, 15) is 14.0 Å². The van der Waals surface area contributed by atoms with Crippen LogP contribution in [0.4, 0.5) is 4.39 Å². The average molecular weight is 616 g/mol. The van der Waals surface area contributed by atoms with Gasteiger partial charge in [0, 0.05) is 26.2 Å². The fourth-order valence-electron chi connectivity index (χ4n) is 5.88. The molecule has 2 heterocycles. The maximum atomic E-state index is 14.2. The molecule has 0 aliphatic carbocycles. The summed E-state index contributed by atoms with van der Waals surface area (Å²) >= 11 is 0. The highest BCUT2D eigenvalue weighted by Crippen LogP contribution is 2.37. The fraction of sp³-hybridized carbons (Fsp3) is 0.444. The van der Waals surface area contributed by atoms with Crippen LogP contribution in [0, 0.1) is 11.7 Å². The lowest BCUT2D eigenvalue weighted by atomic mass is 10.00. The van der Waals surface area contributed by atoms with Gasteiger partial charge in [-0.05, 0) is 77.0 Å². The zero-order chi connectivity index (χ0) is 31.8. The molecule has 5 rings (SSSR count). The van der Waals surface area contributed by atoms with E-state index in [1.807, 2.05) is 18.2 Å². The van der Waals surface area contributed by atoms with Crippen molar-refractivity contribution in [1.29, 1.82) is 0 Å². The first-order valence-electron chi connectivity index (χ1n) is 15.7. The molecule has 4 aromatic rings. The molecule has 0 fully saturated rings. The van der Waals surface area contributed by atoms with Crippen LogP contribution < -0.4 is 11.2 Å². The Hall–Kier alpha value is -3.33. The smallest absolute Gasteiger partial charge is 0.331 e. The van der Waals surface area contributed by atoms with Gasteiger partial charge in [-0.25, -0.2) is 9.18 Å². The minimum absolute atomic E-state index is 0.0317. The molecule has 1 aliphatic heterocycles. The lowest BCUT2D eigenvalue weighted by Crippen LogP contribution is -2.51. The summed E-state index contributed by atoms with van der Waals surface area (Å²) in [5, 5.41) is 0.445. The molecule has 6 nitrogen and oxygen atoms in total. The van der Waals surface area contributed by atoms with Gasteiger partial charge in [-0.2, -0.15) is 0 Å². The molecule has 0 bridgehead atoms. The maximum Gasteiger partial charge on any atom is 0.331 e. The molecule has 0 saturated heterocycles. The summed E-state index contributed by atoms with van der Waals surface area (Å²) in [4.78, 5) is 30.7. The summed E-state index contributed by atoms with van der Waals surface area (Å²) in [6.07, 6.45) is 0.628. The minimum atomic E-state index is -2.25. The Labute approximate surface area is 261 Å². The first-order valence-corrected chi connectivity index (χ1v) is 18.6. The fourth-order valence-corrected chi connectivity index (χ4v) is 7.21. The molecule has 3 aromatic carbocycles. The number of hydrogen-bond acceptors (Lipinski definition) is 4. The van der Waals surface area contributed by atoms with Crippen molar-refractivity contribution in [2.24, 2.45) is 5.92 Å². The van der Waals surface area contributed by atoms with Gasteiger partial charge in [0.05, 0.1) is 23.6 Å². The van der Waals surface area contributed by atoms with E-state index in [1.54, 1.807) is 16.7 Å². The number of nitrogens with zero attached hydrogens (tertiary/aromatic N) is 3. The van der Waals surface area contributed by atoms with Crippen LogP contribution in [0.1, 0.15) is 45.7 Å². The normalized spacial score (nSPS) is 15.1. The van der Waals surface area contributed by atoms with Crippen LogP contribution in [0.2, 0.25) is 18.1 Å². The first-order chi connectivity index (χ1) is 20.7. The Bertz CT molecular complexity index is 1750. The molecule has 8 heteroatoms. The molecule has 0 amide bonds. The molecule has 1 aromatic heterocycles. The standard InChI is InChI=1S/C36H46FN3O3Si/c1-25(2)21-39-33-17-14-28(27-12-15-30(37)16-13-27)20-32(33)34(41)40(35(39)42)24-31(43-44(6,7)36(3,4)5)23-38-19-18-26-10-8-9-11-29(26)22-38/h8-17,20,25,31H,18-19,21-24H2,1-7H3. The highest BCUT2D eigenvalue weighted by molar-refractivity contribution is 6.74. The quantitative estimate of drug-likeness (QED) is 0.189. The number of fused-ring (bicyclic) bond motifs is 2. The van der Waals surface area contributed by atoms with Crippen LogP contribution in [0.15, 0.2) is 76.3 Å². The van der Waals surface area contributed by atoms with Crippen molar-refractivity contribution in [2.45, 2.75) is 84.9 Å². The van der Waals surface area contributed by atoms with E-state index >= 15 is 0 Å². The van der Waals surface area contributed by atoms with Crippen LogP contribution in [0.3, 0.4) is 0 Å². The second-order valence-corrected chi connectivity index (χ2v) is 19.0. The lowest BCUT2D eigenvalue weighted by molar-refractivity contribution is 0.0968. The third kappa shape index (κ3) is 6.82. The molecule has 0 saturated carbocycles. The van der Waals surface area contributed by atoms with Gasteiger partial charge in [-0.15, -0.1) is 0 Å². The van der Waals surface area contributed by atoms with Crippen molar-refractivity contribution in [3.8, 4) is 11.1 Å². The lowest BCUT2D eigenvalue weighted by Gasteiger charge is -2.41. The van der Waals surface area contributed by atoms with Gasteiger partial charge in [-0.1, -0.05) is 77.1 Å². The third-order valence-electron chi connectivity index (χ3n) is 9.28. The minimum Gasteiger partial charge on any atom is -0.411 e. The van der Waals surface area contributed by atoms with Gasteiger partial charge < -0.3 is 4.43 Å². The van der Waals surface area contributed by atoms with Crippen LogP contribution >= 0.6 is 0 Å². The van der Waals surface area contributed by atoms with Crippen LogP contribution in [0.25, 0.3) is 22.0 Å². The Morgan fingerprint density at radius 2 is 1.52 bits per heavy atom. The average Bonchev–Trinajstić information content (AvgIpc) is 2.96. The summed E-state index contributed by atoms with van der Waals surface area (Å²) in [7, 11) is -2.25. The van der Waals surface area contributed by atoms with Crippen molar-refractivity contribution in [1.82, 2.24) is 14.0 Å². The predicted octanol–water partition coefficient (Wildman–Crippen LogP) is 7.07. The Morgan fingerprint density at radius 3 is 2.18 bits per heavy atom. The summed E-state index contributed by atoms with van der Waals surface area (Å²) in [5.74, 6) is -0.112. The Morgan fingerprint density at radius 1 is 0.864 bits per heavy atom. The van der Waals surface area contributed by atoms with Crippen molar-refractivity contribution in [3.63, 3.8) is 0 Å². The van der Waals surface area contributed by atoms with Crippen LogP contribution in [0.5, 0.6) is 0 Å². The molecule has 0 radical (unpaired) electrons. The SMILES string of the molecule is CC(C)Cn1c(=O)n(CC(CN2CCc3ccccc3C2)O[Si](C)(C)C(C)(C)C)c(=O)c2cc(-c3ccc(F)cc3)ccc21. The molecule has 44 heavy (non-hydrogen) atoms. The number of benzene rings is 3. The zero-order valence-corrected chi connectivity index (χ0v) is 28.2. The van der Waals surface area contributed by atoms with Crippen molar-refractivity contribution < 1.29 is 8.82 Å². The number of rotatable bonds is 9. The Kier molecular flexibility index (Phi) is 9.17. The Balaban J connectivity index is 1.58. The monoisotopic (exact) mass is 615 g/mol. The summed E-state index contributed by atoms with van der Waals surface area (Å²) in [6.45, 7) is 18.2. The van der Waals surface area contributed by atoms with Gasteiger partial charge in [0.1, 0.15) is 5.82 Å². The van der Waals surface area contributed by atoms with Gasteiger partial charge in [0.2, 0.25) is 0 Å². The zero-order valence-electron chi connectivity index (χ0n) is 27.2. The topological polar surface area (TPSA) is 56.5 Å². The molecule has 1 unspecified atom stereocenters. The summed E-state index contributed by atoms with van der Waals surface area (Å²) < 4.78 is 23.8. The highest BCUT2D eigenvalue weighted by Gasteiger charge is 2.40. The van der Waals surface area contributed by atoms with E-state index in [1.165, 1.54) is 27.8 Å². The largest absolute Gasteiger partial charge is 0.411 e. The summed E-state index contributed by atoms with van der Waals surface area (Å²) in [6, 6.07) is 20.4. The molecular formula is C36H46FN3O3Si. The van der Waals surface area contributed by atoms with Crippen LogP contribution in [-0.2, 0) is 30.5 Å². The van der Waals surface area contributed by atoms with E-state index in [2.05, 4.69) is 76.9 Å². The van der Waals surface area contributed by atoms with E-state index in [-0.39, 0.29) is 40.7 Å². The van der Waals surface area contributed by atoms with E-state index in [0.717, 1.165) is 30.6 Å². The molecular weight excluding hydrogens is 569 g/mol. The van der Waals surface area contributed by atoms with Gasteiger partial charge >= 0.3 is 5.69 Å². The molecule has 1 aliphatic rings. The second kappa shape index (κ2) is 12.6. The molecule has 1 atom stereocenters. The number of aromatic nitrogens is 2. The van der Waals surface area contributed by atoms with E-state index in [4.69, 9.17) is 4.43 Å².